The van der Waals surface area contributed by atoms with E-state index in [1.54, 1.807) is 0 Å². The maximum atomic E-state index is 12.3. The van der Waals surface area contributed by atoms with Crippen molar-refractivity contribution in [2.75, 3.05) is 13.2 Å². The van der Waals surface area contributed by atoms with Crippen LogP contribution in [0.2, 0.25) is 0 Å². The van der Waals surface area contributed by atoms with E-state index in [-0.39, 0.29) is 25.2 Å². The zero-order chi connectivity index (χ0) is 50.6. The van der Waals surface area contributed by atoms with Crippen LogP contribution >= 0.6 is 0 Å². The van der Waals surface area contributed by atoms with Crippen molar-refractivity contribution in [3.05, 3.63) is 109 Å². The molecule has 0 amide bonds. The molecule has 70 heavy (non-hydrogen) atoms. The van der Waals surface area contributed by atoms with Crippen LogP contribution in [0.25, 0.3) is 0 Å². The Balaban J connectivity index is 3.57. The molecule has 0 aromatic rings. The molecule has 1 atom stereocenters. The van der Waals surface area contributed by atoms with Gasteiger partial charge in [0.25, 0.3) is 0 Å². The molecule has 400 valence electrons. The number of esters is 2. The van der Waals surface area contributed by atoms with Gasteiger partial charge in [0, 0.05) is 12.8 Å². The molecule has 0 radical (unpaired) electrons. The number of carbonyl (C=O) groups excluding carboxylic acids is 2. The van der Waals surface area contributed by atoms with Crippen molar-refractivity contribution in [1.29, 1.82) is 0 Å². The second-order valence-electron chi connectivity index (χ2n) is 19.3. The highest BCUT2D eigenvalue weighted by Gasteiger charge is 2.16. The van der Waals surface area contributed by atoms with Crippen LogP contribution in [0.3, 0.4) is 0 Å². The summed E-state index contributed by atoms with van der Waals surface area (Å²) in [5.41, 5.74) is 0. The molecule has 0 heterocycles. The highest BCUT2D eigenvalue weighted by atomic mass is 16.6. The van der Waals surface area contributed by atoms with Crippen LogP contribution in [-0.2, 0) is 19.1 Å². The van der Waals surface area contributed by atoms with Crippen molar-refractivity contribution < 1.29 is 24.2 Å². The first-order valence-electron chi connectivity index (χ1n) is 29.4. The highest BCUT2D eigenvalue weighted by Crippen LogP contribution is 2.16. The molecule has 1 N–H and O–H groups in total. The Kier molecular flexibility index (Phi) is 56.9. The zero-order valence-corrected chi connectivity index (χ0v) is 45.7. The summed E-state index contributed by atoms with van der Waals surface area (Å²) >= 11 is 0. The van der Waals surface area contributed by atoms with Gasteiger partial charge >= 0.3 is 11.9 Å². The summed E-state index contributed by atoms with van der Waals surface area (Å²) in [5.74, 6) is -0.599. The summed E-state index contributed by atoms with van der Waals surface area (Å²) in [5, 5.41) is 9.66. The standard InChI is InChI=1S/C65H110O5/c1-3-5-7-9-11-13-15-17-19-21-23-25-26-27-28-29-30-31-32-33-34-35-36-37-38-40-42-44-46-48-50-52-54-56-58-60-65(68)70-63(61-66)62-69-64(67)59-57-55-53-51-49-47-45-43-41-39-24-22-20-18-16-14-12-10-8-6-4-2/h5,7,11,13,17,19,23,25,27-28,30-31,33-34,36-37,40,42,63,66H,3-4,6,8-10,12,14-16,18,20-22,24,26,29,32,35,38-39,41,43-62H2,1-2H3/b7-5-,13-11-,19-17-,25-23-,28-27-,31-30-,34-33-,37-36-,42-40-. The smallest absolute Gasteiger partial charge is 0.306 e. The largest absolute Gasteiger partial charge is 0.462 e. The topological polar surface area (TPSA) is 72.8 Å². The number of aliphatic hydroxyl groups is 1. The van der Waals surface area contributed by atoms with Crippen LogP contribution in [0.1, 0.15) is 271 Å². The molecule has 0 saturated carbocycles. The van der Waals surface area contributed by atoms with E-state index in [2.05, 4.69) is 123 Å². The second kappa shape index (κ2) is 59.9. The van der Waals surface area contributed by atoms with Gasteiger partial charge in [-0.25, -0.2) is 0 Å². The number of ether oxygens (including phenoxy) is 2. The van der Waals surface area contributed by atoms with E-state index >= 15 is 0 Å². The van der Waals surface area contributed by atoms with E-state index in [9.17, 15) is 14.7 Å². The fourth-order valence-electron chi connectivity index (χ4n) is 8.20. The van der Waals surface area contributed by atoms with Gasteiger partial charge in [0.15, 0.2) is 6.10 Å². The predicted molar refractivity (Wildman–Crippen MR) is 306 cm³/mol. The van der Waals surface area contributed by atoms with Crippen LogP contribution in [0.5, 0.6) is 0 Å². The van der Waals surface area contributed by atoms with Gasteiger partial charge in [0.1, 0.15) is 6.61 Å². The van der Waals surface area contributed by atoms with E-state index in [0.717, 1.165) is 103 Å². The van der Waals surface area contributed by atoms with Gasteiger partial charge < -0.3 is 14.6 Å². The van der Waals surface area contributed by atoms with E-state index in [1.807, 2.05) is 0 Å². The third kappa shape index (κ3) is 57.1. The SMILES string of the molecule is CC/C=C\C/C=C\C/C=C\C/C=C\C/C=C\C/C=C\C/C=C\C/C=C\C/C=C\CCCCCCCCCC(=O)OC(CO)COC(=O)CCCCCCCCCCCCCCCCCCCCCCC. The van der Waals surface area contributed by atoms with Gasteiger partial charge in [0.05, 0.1) is 6.61 Å². The lowest BCUT2D eigenvalue weighted by Gasteiger charge is -2.15. The minimum Gasteiger partial charge on any atom is -0.462 e. The van der Waals surface area contributed by atoms with Crippen LogP contribution < -0.4 is 0 Å². The fourth-order valence-corrected chi connectivity index (χ4v) is 8.20. The lowest BCUT2D eigenvalue weighted by molar-refractivity contribution is -0.161. The van der Waals surface area contributed by atoms with Crippen LogP contribution in [0.15, 0.2) is 109 Å². The average Bonchev–Trinajstić information content (AvgIpc) is 3.36. The van der Waals surface area contributed by atoms with E-state index < -0.39 is 6.10 Å². The monoisotopic (exact) mass is 971 g/mol. The molecule has 0 aromatic carbocycles. The summed E-state index contributed by atoms with van der Waals surface area (Å²) in [6.07, 6.45) is 86.3. The Morgan fingerprint density at radius 1 is 0.343 bits per heavy atom. The molecule has 0 saturated heterocycles. The molecule has 5 nitrogen and oxygen atoms in total. The van der Waals surface area contributed by atoms with Crippen LogP contribution in [-0.4, -0.2) is 36.4 Å². The second-order valence-corrected chi connectivity index (χ2v) is 19.3. The van der Waals surface area contributed by atoms with Gasteiger partial charge in [-0.2, -0.15) is 0 Å². The molecular weight excluding hydrogens is 861 g/mol. The van der Waals surface area contributed by atoms with E-state index in [4.69, 9.17) is 9.47 Å². The average molecular weight is 972 g/mol. The molecule has 0 aliphatic carbocycles. The number of hydrogen-bond donors (Lipinski definition) is 1. The number of rotatable bonds is 53. The zero-order valence-electron chi connectivity index (χ0n) is 45.7. The van der Waals surface area contributed by atoms with E-state index in [1.165, 1.54) is 141 Å². The molecule has 1 unspecified atom stereocenters. The summed E-state index contributed by atoms with van der Waals surface area (Å²) in [4.78, 5) is 24.5. The Labute approximate surface area is 433 Å². The molecule has 0 bridgehead atoms. The number of allylic oxidation sites excluding steroid dienone is 18. The van der Waals surface area contributed by atoms with Crippen molar-refractivity contribution in [3.63, 3.8) is 0 Å². The summed E-state index contributed by atoms with van der Waals surface area (Å²) in [6.45, 7) is 4.04. The molecule has 0 fully saturated rings. The van der Waals surface area contributed by atoms with Gasteiger partial charge in [-0.3, -0.25) is 9.59 Å². The van der Waals surface area contributed by atoms with Gasteiger partial charge in [-0.15, -0.1) is 0 Å². The normalized spacial score (nSPS) is 13.0. The number of carbonyl (C=O) groups is 2. The first kappa shape index (κ1) is 66.6. The van der Waals surface area contributed by atoms with Gasteiger partial charge in [-0.05, 0) is 83.5 Å². The minimum absolute atomic E-state index is 0.0728. The summed E-state index contributed by atoms with van der Waals surface area (Å²) < 4.78 is 10.7. The maximum absolute atomic E-state index is 12.3. The lowest BCUT2D eigenvalue weighted by Crippen LogP contribution is -2.28. The molecule has 0 rings (SSSR count). The highest BCUT2D eigenvalue weighted by molar-refractivity contribution is 5.70. The van der Waals surface area contributed by atoms with Crippen molar-refractivity contribution in [2.45, 2.75) is 277 Å². The quantitative estimate of drug-likeness (QED) is 0.0373. The molecule has 0 aromatic heterocycles. The molecule has 0 aliphatic rings. The van der Waals surface area contributed by atoms with E-state index in [0.29, 0.717) is 12.8 Å². The number of hydrogen-bond acceptors (Lipinski definition) is 5. The lowest BCUT2D eigenvalue weighted by atomic mass is 10.0. The molecule has 0 aliphatic heterocycles. The molecule has 0 spiro atoms. The van der Waals surface area contributed by atoms with Crippen molar-refractivity contribution in [1.82, 2.24) is 0 Å². The summed E-state index contributed by atoms with van der Waals surface area (Å²) in [7, 11) is 0. The maximum Gasteiger partial charge on any atom is 0.306 e. The van der Waals surface area contributed by atoms with Gasteiger partial charge in [-0.1, -0.05) is 284 Å². The molecule has 5 heteroatoms. The predicted octanol–water partition coefficient (Wildman–Crippen LogP) is 20.1. The third-order valence-corrected chi connectivity index (χ3v) is 12.6. The molecular formula is C65H110O5. The number of unbranched alkanes of at least 4 members (excludes halogenated alkanes) is 27. The first-order chi connectivity index (χ1) is 34.6. The fraction of sp³-hybridized carbons (Fsp3) is 0.692. The van der Waals surface area contributed by atoms with Crippen molar-refractivity contribution >= 4 is 11.9 Å². The Hall–Kier alpha value is -3.44. The third-order valence-electron chi connectivity index (χ3n) is 12.6. The Morgan fingerprint density at radius 2 is 0.614 bits per heavy atom. The van der Waals surface area contributed by atoms with Gasteiger partial charge in [0.2, 0.25) is 0 Å². The minimum atomic E-state index is -0.784. The summed E-state index contributed by atoms with van der Waals surface area (Å²) in [6, 6.07) is 0. The first-order valence-corrected chi connectivity index (χ1v) is 29.4. The van der Waals surface area contributed by atoms with Crippen LogP contribution in [0.4, 0.5) is 0 Å². The Morgan fingerprint density at radius 3 is 0.929 bits per heavy atom. The number of aliphatic hydroxyl groups excluding tert-OH is 1. The van der Waals surface area contributed by atoms with Crippen molar-refractivity contribution in [3.8, 4) is 0 Å². The Bertz CT molecular complexity index is 1380. The van der Waals surface area contributed by atoms with Crippen molar-refractivity contribution in [2.24, 2.45) is 0 Å². The van der Waals surface area contributed by atoms with Crippen LogP contribution in [0, 0.1) is 0 Å².